The fraction of sp³-hybridized carbons (Fsp3) is 0.692. The van der Waals surface area contributed by atoms with E-state index >= 15 is 0 Å². The Morgan fingerprint density at radius 1 is 1.58 bits per heavy atom. The lowest BCUT2D eigenvalue weighted by Gasteiger charge is -2.23. The van der Waals surface area contributed by atoms with E-state index in [9.17, 15) is 9.90 Å². The molecule has 1 aliphatic carbocycles. The van der Waals surface area contributed by atoms with Crippen LogP contribution in [0.25, 0.3) is 0 Å². The molecule has 1 aliphatic rings. The third kappa shape index (κ3) is 2.90. The van der Waals surface area contributed by atoms with Crippen molar-refractivity contribution >= 4 is 22.4 Å². The van der Waals surface area contributed by atoms with Gasteiger partial charge in [-0.3, -0.25) is 4.79 Å². The number of rotatable bonds is 4. The number of aliphatic hydroxyl groups is 1. The normalized spacial score (nSPS) is 22.5. The van der Waals surface area contributed by atoms with Crippen LogP contribution in [-0.4, -0.2) is 47.0 Å². The van der Waals surface area contributed by atoms with Gasteiger partial charge in [0.2, 0.25) is 0 Å². The summed E-state index contributed by atoms with van der Waals surface area (Å²) in [5, 5.41) is 13.7. The van der Waals surface area contributed by atoms with Crippen molar-refractivity contribution in [1.82, 2.24) is 9.27 Å². The SMILES string of the molecule is CNc1snc(C)c1C(=O)N(C)CC1CCCC1O. The summed E-state index contributed by atoms with van der Waals surface area (Å²) in [5.41, 5.74) is 1.42. The summed E-state index contributed by atoms with van der Waals surface area (Å²) >= 11 is 1.31. The van der Waals surface area contributed by atoms with Crippen LogP contribution in [0.1, 0.15) is 35.3 Å². The van der Waals surface area contributed by atoms with Crippen molar-refractivity contribution in [2.24, 2.45) is 5.92 Å². The van der Waals surface area contributed by atoms with E-state index in [1.165, 1.54) is 11.5 Å². The van der Waals surface area contributed by atoms with Gasteiger partial charge in [-0.05, 0) is 31.3 Å². The molecular weight excluding hydrogens is 262 g/mol. The van der Waals surface area contributed by atoms with Crippen molar-refractivity contribution in [3.05, 3.63) is 11.3 Å². The second kappa shape index (κ2) is 5.88. The Labute approximate surface area is 117 Å². The third-order valence-electron chi connectivity index (χ3n) is 3.78. The van der Waals surface area contributed by atoms with E-state index in [1.807, 2.05) is 6.92 Å². The molecule has 5 nitrogen and oxygen atoms in total. The molecule has 0 saturated heterocycles. The molecule has 1 amide bonds. The van der Waals surface area contributed by atoms with Gasteiger partial charge in [-0.1, -0.05) is 6.42 Å². The molecule has 2 atom stereocenters. The first-order chi connectivity index (χ1) is 9.04. The zero-order valence-corrected chi connectivity index (χ0v) is 12.5. The maximum atomic E-state index is 12.5. The van der Waals surface area contributed by atoms with Crippen molar-refractivity contribution in [3.63, 3.8) is 0 Å². The molecule has 1 aromatic heterocycles. The van der Waals surface area contributed by atoms with Crippen LogP contribution in [0.15, 0.2) is 0 Å². The zero-order chi connectivity index (χ0) is 14.0. The molecule has 0 bridgehead atoms. The summed E-state index contributed by atoms with van der Waals surface area (Å²) in [7, 11) is 3.59. The first-order valence-corrected chi connectivity index (χ1v) is 7.39. The van der Waals surface area contributed by atoms with Gasteiger partial charge in [0.15, 0.2) is 0 Å². The van der Waals surface area contributed by atoms with Gasteiger partial charge in [-0.15, -0.1) is 0 Å². The van der Waals surface area contributed by atoms with Crippen LogP contribution in [0.2, 0.25) is 0 Å². The number of carbonyl (C=O) groups is 1. The molecule has 6 heteroatoms. The molecule has 0 aliphatic heterocycles. The largest absolute Gasteiger partial charge is 0.393 e. The molecule has 0 radical (unpaired) electrons. The molecule has 1 fully saturated rings. The van der Waals surface area contributed by atoms with E-state index in [0.717, 1.165) is 30.0 Å². The summed E-state index contributed by atoms with van der Waals surface area (Å²) in [6, 6.07) is 0. The summed E-state index contributed by atoms with van der Waals surface area (Å²) in [4.78, 5) is 14.2. The van der Waals surface area contributed by atoms with Crippen LogP contribution in [0.4, 0.5) is 5.00 Å². The van der Waals surface area contributed by atoms with Crippen LogP contribution < -0.4 is 5.32 Å². The van der Waals surface area contributed by atoms with Gasteiger partial charge < -0.3 is 15.3 Å². The van der Waals surface area contributed by atoms with E-state index in [2.05, 4.69) is 9.69 Å². The Kier molecular flexibility index (Phi) is 4.42. The summed E-state index contributed by atoms with van der Waals surface area (Å²) in [6.45, 7) is 2.46. The van der Waals surface area contributed by atoms with E-state index < -0.39 is 0 Å². The van der Waals surface area contributed by atoms with Gasteiger partial charge in [0.25, 0.3) is 5.91 Å². The summed E-state index contributed by atoms with van der Waals surface area (Å²) in [6.07, 6.45) is 2.64. The smallest absolute Gasteiger partial charge is 0.258 e. The highest BCUT2D eigenvalue weighted by Crippen LogP contribution is 2.28. The van der Waals surface area contributed by atoms with Gasteiger partial charge in [-0.2, -0.15) is 4.37 Å². The van der Waals surface area contributed by atoms with E-state index in [4.69, 9.17) is 0 Å². The van der Waals surface area contributed by atoms with Crippen molar-refractivity contribution in [2.75, 3.05) is 26.0 Å². The quantitative estimate of drug-likeness (QED) is 0.883. The maximum Gasteiger partial charge on any atom is 0.258 e. The molecular formula is C13H21N3O2S. The van der Waals surface area contributed by atoms with Crippen LogP contribution in [0, 0.1) is 12.8 Å². The first kappa shape index (κ1) is 14.3. The Morgan fingerprint density at radius 2 is 2.32 bits per heavy atom. The minimum absolute atomic E-state index is 0.0188. The van der Waals surface area contributed by atoms with Crippen molar-refractivity contribution in [1.29, 1.82) is 0 Å². The number of hydrogen-bond donors (Lipinski definition) is 2. The molecule has 2 rings (SSSR count). The minimum atomic E-state index is -0.263. The van der Waals surface area contributed by atoms with Crippen LogP contribution in [0.5, 0.6) is 0 Å². The highest BCUT2D eigenvalue weighted by Gasteiger charge is 2.29. The number of anilines is 1. The predicted molar refractivity (Wildman–Crippen MR) is 76.7 cm³/mol. The Balaban J connectivity index is 2.08. The molecule has 106 valence electrons. The number of aryl methyl sites for hydroxylation is 1. The Bertz CT molecular complexity index is 461. The minimum Gasteiger partial charge on any atom is -0.393 e. The predicted octanol–water partition coefficient (Wildman–Crippen LogP) is 1.73. The first-order valence-electron chi connectivity index (χ1n) is 6.62. The molecule has 0 spiro atoms. The summed E-state index contributed by atoms with van der Waals surface area (Å²) in [5.74, 6) is 0.189. The molecule has 2 N–H and O–H groups in total. The number of nitrogens with one attached hydrogen (secondary N) is 1. The lowest BCUT2D eigenvalue weighted by Crippen LogP contribution is -2.34. The van der Waals surface area contributed by atoms with Crippen molar-refractivity contribution in [2.45, 2.75) is 32.3 Å². The number of amides is 1. The zero-order valence-electron chi connectivity index (χ0n) is 11.6. The molecule has 1 aromatic rings. The second-order valence-corrected chi connectivity index (χ2v) is 5.94. The Hall–Kier alpha value is -1.14. The fourth-order valence-electron chi connectivity index (χ4n) is 2.65. The van der Waals surface area contributed by atoms with E-state index in [-0.39, 0.29) is 17.9 Å². The average molecular weight is 283 g/mol. The lowest BCUT2D eigenvalue weighted by atomic mass is 10.1. The van der Waals surface area contributed by atoms with Crippen molar-refractivity contribution in [3.8, 4) is 0 Å². The van der Waals surface area contributed by atoms with Gasteiger partial charge in [0, 0.05) is 26.6 Å². The topological polar surface area (TPSA) is 65.5 Å². The van der Waals surface area contributed by atoms with Gasteiger partial charge in [0.1, 0.15) is 5.00 Å². The van der Waals surface area contributed by atoms with Gasteiger partial charge in [-0.25, -0.2) is 0 Å². The molecule has 19 heavy (non-hydrogen) atoms. The lowest BCUT2D eigenvalue weighted by molar-refractivity contribution is 0.0694. The number of nitrogens with zero attached hydrogens (tertiary/aromatic N) is 2. The average Bonchev–Trinajstić information content (AvgIpc) is 2.95. The fourth-order valence-corrected chi connectivity index (χ4v) is 3.39. The van der Waals surface area contributed by atoms with Gasteiger partial charge >= 0.3 is 0 Å². The Morgan fingerprint density at radius 3 is 2.89 bits per heavy atom. The molecule has 0 aromatic carbocycles. The number of carbonyl (C=O) groups excluding carboxylic acids is 1. The van der Waals surface area contributed by atoms with Crippen LogP contribution >= 0.6 is 11.5 Å². The highest BCUT2D eigenvalue weighted by molar-refractivity contribution is 7.10. The van der Waals surface area contributed by atoms with Gasteiger partial charge in [0.05, 0.1) is 17.4 Å². The molecule has 1 saturated carbocycles. The number of aliphatic hydroxyl groups excluding tert-OH is 1. The monoisotopic (exact) mass is 283 g/mol. The standard InChI is InChI=1S/C13H21N3O2S/c1-8-11(12(14-2)19-15-8)13(18)16(3)7-9-5-4-6-10(9)17/h9-10,14,17H,4-7H2,1-3H3. The van der Waals surface area contributed by atoms with Crippen LogP contribution in [-0.2, 0) is 0 Å². The van der Waals surface area contributed by atoms with Crippen molar-refractivity contribution < 1.29 is 9.90 Å². The molecule has 1 heterocycles. The maximum absolute atomic E-state index is 12.5. The van der Waals surface area contributed by atoms with E-state index in [1.54, 1.807) is 19.0 Å². The number of aromatic nitrogens is 1. The highest BCUT2D eigenvalue weighted by atomic mass is 32.1. The van der Waals surface area contributed by atoms with Crippen LogP contribution in [0.3, 0.4) is 0 Å². The van der Waals surface area contributed by atoms with E-state index in [0.29, 0.717) is 12.1 Å². The molecule has 2 unspecified atom stereocenters. The summed E-state index contributed by atoms with van der Waals surface area (Å²) < 4.78 is 4.22. The second-order valence-electron chi connectivity index (χ2n) is 5.17. The number of hydrogen-bond acceptors (Lipinski definition) is 5. The third-order valence-corrected chi connectivity index (χ3v) is 4.73.